The Morgan fingerprint density at radius 1 is 1.42 bits per heavy atom. The summed E-state index contributed by atoms with van der Waals surface area (Å²) in [4.78, 5) is 11.0. The molecule has 0 radical (unpaired) electrons. The van der Waals surface area contributed by atoms with Crippen molar-refractivity contribution >= 4 is 6.29 Å². The zero-order valence-electron chi connectivity index (χ0n) is 8.47. The molecule has 0 aromatic heterocycles. The Bertz CT molecular complexity index is 158. The van der Waals surface area contributed by atoms with Crippen molar-refractivity contribution in [2.75, 3.05) is 0 Å². The third-order valence-corrected chi connectivity index (χ3v) is 3.92. The molecule has 2 atom stereocenters. The Morgan fingerprint density at radius 3 is 2.25 bits per heavy atom. The van der Waals surface area contributed by atoms with E-state index in [1.54, 1.807) is 0 Å². The van der Waals surface area contributed by atoms with Crippen LogP contribution in [-0.2, 0) is 4.79 Å². The molecule has 1 fully saturated rings. The van der Waals surface area contributed by atoms with Gasteiger partial charge in [0, 0.05) is 5.41 Å². The molecule has 0 amide bonds. The van der Waals surface area contributed by atoms with E-state index < -0.39 is 0 Å². The van der Waals surface area contributed by atoms with Crippen LogP contribution in [0, 0.1) is 17.3 Å². The van der Waals surface area contributed by atoms with Gasteiger partial charge in [-0.25, -0.2) is 0 Å². The highest BCUT2D eigenvalue weighted by Gasteiger charge is 2.43. The molecule has 1 aliphatic rings. The first-order valence-corrected chi connectivity index (χ1v) is 5.12. The molecule has 70 valence electrons. The molecule has 1 rings (SSSR count). The van der Waals surface area contributed by atoms with E-state index in [0.29, 0.717) is 11.8 Å². The second-order valence-corrected chi connectivity index (χ2v) is 4.38. The van der Waals surface area contributed by atoms with Gasteiger partial charge in [-0.3, -0.25) is 0 Å². The predicted octanol–water partition coefficient (Wildman–Crippen LogP) is 3.04. The molecule has 0 aliphatic heterocycles. The highest BCUT2D eigenvalue weighted by molar-refractivity contribution is 5.61. The van der Waals surface area contributed by atoms with Gasteiger partial charge in [0.2, 0.25) is 0 Å². The number of carbonyl (C=O) groups excluding carboxylic acids is 1. The fourth-order valence-electron chi connectivity index (χ4n) is 2.19. The van der Waals surface area contributed by atoms with E-state index in [2.05, 4.69) is 20.8 Å². The van der Waals surface area contributed by atoms with Crippen molar-refractivity contribution in [3.05, 3.63) is 0 Å². The molecular formula is C11H20O. The van der Waals surface area contributed by atoms with Crippen LogP contribution >= 0.6 is 0 Å². The summed E-state index contributed by atoms with van der Waals surface area (Å²) in [5.41, 5.74) is 0.0649. The number of hydrogen-bond acceptors (Lipinski definition) is 1. The van der Waals surface area contributed by atoms with Gasteiger partial charge >= 0.3 is 0 Å². The smallest absolute Gasteiger partial charge is 0.126 e. The van der Waals surface area contributed by atoms with Gasteiger partial charge < -0.3 is 4.79 Å². The van der Waals surface area contributed by atoms with E-state index >= 15 is 0 Å². The molecule has 2 unspecified atom stereocenters. The van der Waals surface area contributed by atoms with Crippen molar-refractivity contribution in [2.45, 2.75) is 46.5 Å². The number of hydrogen-bond donors (Lipinski definition) is 0. The minimum Gasteiger partial charge on any atom is -0.303 e. The van der Waals surface area contributed by atoms with Crippen LogP contribution in [0.5, 0.6) is 0 Å². The normalized spacial score (nSPS) is 25.6. The van der Waals surface area contributed by atoms with Gasteiger partial charge in [0.25, 0.3) is 0 Å². The Kier molecular flexibility index (Phi) is 2.92. The predicted molar refractivity (Wildman–Crippen MR) is 51.0 cm³/mol. The van der Waals surface area contributed by atoms with Crippen LogP contribution < -0.4 is 0 Å². The standard InChI is InChI=1S/C11H20O/c1-4-9(2)10(3)11(8-12)6-5-7-11/h8-10H,4-7H2,1-3H3. The van der Waals surface area contributed by atoms with Crippen molar-refractivity contribution in [1.29, 1.82) is 0 Å². The van der Waals surface area contributed by atoms with Crippen molar-refractivity contribution < 1.29 is 4.79 Å². The maximum Gasteiger partial charge on any atom is 0.126 e. The van der Waals surface area contributed by atoms with Gasteiger partial charge in [-0.2, -0.15) is 0 Å². The van der Waals surface area contributed by atoms with Gasteiger partial charge in [-0.15, -0.1) is 0 Å². The molecule has 1 saturated carbocycles. The van der Waals surface area contributed by atoms with Crippen LogP contribution in [0.3, 0.4) is 0 Å². The maximum absolute atomic E-state index is 11.0. The zero-order valence-corrected chi connectivity index (χ0v) is 8.47. The van der Waals surface area contributed by atoms with E-state index in [1.807, 2.05) is 0 Å². The summed E-state index contributed by atoms with van der Waals surface area (Å²) >= 11 is 0. The lowest BCUT2D eigenvalue weighted by atomic mass is 9.59. The van der Waals surface area contributed by atoms with E-state index in [1.165, 1.54) is 19.1 Å². The average Bonchev–Trinajstić information content (AvgIpc) is 2.02. The first-order chi connectivity index (χ1) is 5.66. The Hall–Kier alpha value is -0.330. The highest BCUT2D eigenvalue weighted by atomic mass is 16.1. The number of carbonyl (C=O) groups is 1. The van der Waals surface area contributed by atoms with E-state index in [-0.39, 0.29) is 5.41 Å². The fraction of sp³-hybridized carbons (Fsp3) is 0.909. The highest BCUT2D eigenvalue weighted by Crippen LogP contribution is 2.48. The molecular weight excluding hydrogens is 148 g/mol. The zero-order chi connectivity index (χ0) is 9.19. The van der Waals surface area contributed by atoms with Gasteiger partial charge in [-0.05, 0) is 24.7 Å². The second-order valence-electron chi connectivity index (χ2n) is 4.38. The molecule has 0 saturated heterocycles. The monoisotopic (exact) mass is 168 g/mol. The lowest BCUT2D eigenvalue weighted by Gasteiger charge is -2.44. The summed E-state index contributed by atoms with van der Waals surface area (Å²) in [6.45, 7) is 6.70. The van der Waals surface area contributed by atoms with Gasteiger partial charge in [0.1, 0.15) is 6.29 Å². The quantitative estimate of drug-likeness (QED) is 0.590. The summed E-state index contributed by atoms with van der Waals surface area (Å²) in [6.07, 6.45) is 5.91. The molecule has 0 heterocycles. The van der Waals surface area contributed by atoms with E-state index in [4.69, 9.17) is 0 Å². The van der Waals surface area contributed by atoms with Crippen LogP contribution in [0.2, 0.25) is 0 Å². The summed E-state index contributed by atoms with van der Waals surface area (Å²) in [5, 5.41) is 0. The lowest BCUT2D eigenvalue weighted by molar-refractivity contribution is -0.126. The summed E-state index contributed by atoms with van der Waals surface area (Å²) < 4.78 is 0. The van der Waals surface area contributed by atoms with Crippen LogP contribution in [0.25, 0.3) is 0 Å². The third-order valence-electron chi connectivity index (χ3n) is 3.92. The molecule has 12 heavy (non-hydrogen) atoms. The second kappa shape index (κ2) is 3.59. The molecule has 0 N–H and O–H groups in total. The third kappa shape index (κ3) is 1.41. The molecule has 1 aliphatic carbocycles. The van der Waals surface area contributed by atoms with Gasteiger partial charge in [-0.1, -0.05) is 33.6 Å². The number of rotatable bonds is 4. The van der Waals surface area contributed by atoms with Crippen LogP contribution in [-0.4, -0.2) is 6.29 Å². The Morgan fingerprint density at radius 2 is 2.00 bits per heavy atom. The van der Waals surface area contributed by atoms with Crippen LogP contribution in [0.1, 0.15) is 46.5 Å². The van der Waals surface area contributed by atoms with Crippen molar-refractivity contribution in [3.8, 4) is 0 Å². The molecule has 1 nitrogen and oxygen atoms in total. The Labute approximate surface area is 75.5 Å². The average molecular weight is 168 g/mol. The van der Waals surface area contributed by atoms with E-state index in [9.17, 15) is 4.79 Å². The lowest BCUT2D eigenvalue weighted by Crippen LogP contribution is -2.40. The molecule has 1 heteroatoms. The topological polar surface area (TPSA) is 17.1 Å². The van der Waals surface area contributed by atoms with Crippen LogP contribution in [0.4, 0.5) is 0 Å². The van der Waals surface area contributed by atoms with Crippen LogP contribution in [0.15, 0.2) is 0 Å². The largest absolute Gasteiger partial charge is 0.303 e. The van der Waals surface area contributed by atoms with E-state index in [0.717, 1.165) is 12.8 Å². The maximum atomic E-state index is 11.0. The molecule has 0 spiro atoms. The summed E-state index contributed by atoms with van der Waals surface area (Å²) in [7, 11) is 0. The van der Waals surface area contributed by atoms with Gasteiger partial charge in [0.05, 0.1) is 0 Å². The summed E-state index contributed by atoms with van der Waals surface area (Å²) in [5.74, 6) is 1.27. The fourth-order valence-corrected chi connectivity index (χ4v) is 2.19. The van der Waals surface area contributed by atoms with Crippen molar-refractivity contribution in [3.63, 3.8) is 0 Å². The van der Waals surface area contributed by atoms with Crippen molar-refractivity contribution in [1.82, 2.24) is 0 Å². The Balaban J connectivity index is 2.59. The molecule has 0 aromatic rings. The minimum absolute atomic E-state index is 0.0649. The molecule has 0 bridgehead atoms. The van der Waals surface area contributed by atoms with Gasteiger partial charge in [0.15, 0.2) is 0 Å². The van der Waals surface area contributed by atoms with Crippen molar-refractivity contribution in [2.24, 2.45) is 17.3 Å². The first kappa shape index (κ1) is 9.76. The number of aldehydes is 1. The summed E-state index contributed by atoms with van der Waals surface area (Å²) in [6, 6.07) is 0. The first-order valence-electron chi connectivity index (χ1n) is 5.12. The minimum atomic E-state index is 0.0649. The molecule has 0 aromatic carbocycles. The SMILES string of the molecule is CCC(C)C(C)C1(C=O)CCC1.